The molecule has 1 saturated carbocycles. The normalized spacial score (nSPS) is 14.9. The highest BCUT2D eigenvalue weighted by Gasteiger charge is 2.19. The maximum atomic E-state index is 13.2. The summed E-state index contributed by atoms with van der Waals surface area (Å²) in [4.78, 5) is 13.6. The Balaban J connectivity index is 1.77. The first-order valence-corrected chi connectivity index (χ1v) is 9.33. The van der Waals surface area contributed by atoms with Crippen molar-refractivity contribution in [2.24, 2.45) is 0 Å². The van der Waals surface area contributed by atoms with Gasteiger partial charge in [0.2, 0.25) is 0 Å². The van der Waals surface area contributed by atoms with Gasteiger partial charge in [-0.1, -0.05) is 25.0 Å². The van der Waals surface area contributed by atoms with Crippen LogP contribution >= 0.6 is 27.7 Å². The third kappa shape index (κ3) is 4.15. The molecule has 0 spiro atoms. The predicted molar refractivity (Wildman–Crippen MR) is 96.6 cm³/mol. The summed E-state index contributed by atoms with van der Waals surface area (Å²) in [7, 11) is 0. The number of halogens is 2. The summed E-state index contributed by atoms with van der Waals surface area (Å²) >= 11 is 5.08. The lowest BCUT2D eigenvalue weighted by molar-refractivity contribution is 0.102. The molecule has 1 fully saturated rings. The van der Waals surface area contributed by atoms with Gasteiger partial charge in [0.25, 0.3) is 5.91 Å². The fourth-order valence-electron chi connectivity index (χ4n) is 2.72. The van der Waals surface area contributed by atoms with E-state index in [4.69, 9.17) is 0 Å². The molecule has 0 aromatic heterocycles. The standard InChI is InChI=1S/C18H17BrFNOS/c19-15-11-12(20)9-10-14(15)18(22)21-16-7-3-4-8-17(16)23-13-5-1-2-6-13/h3-4,7-11,13H,1-2,5-6H2,(H,21,22). The van der Waals surface area contributed by atoms with Gasteiger partial charge < -0.3 is 5.32 Å². The molecule has 0 saturated heterocycles. The van der Waals surface area contributed by atoms with Gasteiger partial charge in [-0.3, -0.25) is 4.79 Å². The molecule has 0 unspecified atom stereocenters. The molecule has 0 aliphatic heterocycles. The number of para-hydroxylation sites is 1. The molecular formula is C18H17BrFNOS. The van der Waals surface area contributed by atoms with Crippen LogP contribution in [0.25, 0.3) is 0 Å². The number of amides is 1. The van der Waals surface area contributed by atoms with Crippen LogP contribution in [0, 0.1) is 5.82 Å². The van der Waals surface area contributed by atoms with E-state index in [1.54, 1.807) is 0 Å². The molecule has 1 aliphatic carbocycles. The smallest absolute Gasteiger partial charge is 0.256 e. The minimum Gasteiger partial charge on any atom is -0.321 e. The number of nitrogens with one attached hydrogen (secondary N) is 1. The first-order chi connectivity index (χ1) is 11.1. The molecule has 23 heavy (non-hydrogen) atoms. The molecular weight excluding hydrogens is 377 g/mol. The maximum Gasteiger partial charge on any atom is 0.256 e. The monoisotopic (exact) mass is 393 g/mol. The maximum absolute atomic E-state index is 13.2. The van der Waals surface area contributed by atoms with E-state index in [1.807, 2.05) is 36.0 Å². The summed E-state index contributed by atoms with van der Waals surface area (Å²) in [5.41, 5.74) is 1.23. The Morgan fingerprint density at radius 1 is 1.17 bits per heavy atom. The van der Waals surface area contributed by atoms with E-state index >= 15 is 0 Å². The number of hydrogen-bond donors (Lipinski definition) is 1. The molecule has 1 amide bonds. The molecule has 2 nitrogen and oxygen atoms in total. The van der Waals surface area contributed by atoms with E-state index in [0.29, 0.717) is 15.3 Å². The van der Waals surface area contributed by atoms with Gasteiger partial charge in [0, 0.05) is 14.6 Å². The highest BCUT2D eigenvalue weighted by atomic mass is 79.9. The van der Waals surface area contributed by atoms with Crippen molar-refractivity contribution < 1.29 is 9.18 Å². The minimum absolute atomic E-state index is 0.239. The van der Waals surface area contributed by atoms with Gasteiger partial charge in [-0.05, 0) is 59.1 Å². The predicted octanol–water partition coefficient (Wildman–Crippen LogP) is 5.88. The van der Waals surface area contributed by atoms with Crippen molar-refractivity contribution >= 4 is 39.3 Å². The highest BCUT2D eigenvalue weighted by molar-refractivity contribution is 9.10. The number of anilines is 1. The van der Waals surface area contributed by atoms with E-state index in [-0.39, 0.29) is 11.7 Å². The number of carbonyl (C=O) groups excluding carboxylic acids is 1. The van der Waals surface area contributed by atoms with Gasteiger partial charge in [0.05, 0.1) is 11.3 Å². The fraction of sp³-hybridized carbons (Fsp3) is 0.278. The lowest BCUT2D eigenvalue weighted by Crippen LogP contribution is -2.13. The van der Waals surface area contributed by atoms with Crippen LogP contribution in [0.4, 0.5) is 10.1 Å². The van der Waals surface area contributed by atoms with Crippen LogP contribution in [0.15, 0.2) is 51.8 Å². The molecule has 0 radical (unpaired) electrons. The Hall–Kier alpha value is -1.33. The van der Waals surface area contributed by atoms with Gasteiger partial charge in [-0.2, -0.15) is 0 Å². The Morgan fingerprint density at radius 3 is 2.65 bits per heavy atom. The van der Waals surface area contributed by atoms with Crippen LogP contribution in [0.5, 0.6) is 0 Å². The van der Waals surface area contributed by atoms with Crippen LogP contribution in [-0.4, -0.2) is 11.2 Å². The Kier molecular flexibility index (Phi) is 5.38. The summed E-state index contributed by atoms with van der Waals surface area (Å²) in [6, 6.07) is 11.9. The summed E-state index contributed by atoms with van der Waals surface area (Å²) < 4.78 is 13.6. The van der Waals surface area contributed by atoms with Crippen LogP contribution in [0.2, 0.25) is 0 Å². The van der Waals surface area contributed by atoms with Crippen molar-refractivity contribution in [3.8, 4) is 0 Å². The van der Waals surface area contributed by atoms with Crippen LogP contribution in [0.3, 0.4) is 0 Å². The Bertz CT molecular complexity index is 716. The van der Waals surface area contributed by atoms with Crippen molar-refractivity contribution in [3.05, 3.63) is 58.3 Å². The molecule has 1 N–H and O–H groups in total. The van der Waals surface area contributed by atoms with Gasteiger partial charge >= 0.3 is 0 Å². The second kappa shape index (κ2) is 7.49. The number of thioether (sulfide) groups is 1. The third-order valence-corrected chi connectivity index (χ3v) is 5.98. The summed E-state index contributed by atoms with van der Waals surface area (Å²) in [5, 5.41) is 3.58. The molecule has 0 heterocycles. The zero-order chi connectivity index (χ0) is 16.2. The highest BCUT2D eigenvalue weighted by Crippen LogP contribution is 2.38. The van der Waals surface area contributed by atoms with Crippen molar-refractivity contribution in [3.63, 3.8) is 0 Å². The van der Waals surface area contributed by atoms with Gasteiger partial charge in [0.1, 0.15) is 5.82 Å². The van der Waals surface area contributed by atoms with E-state index in [9.17, 15) is 9.18 Å². The SMILES string of the molecule is O=C(Nc1ccccc1SC1CCCC1)c1ccc(F)cc1Br. The van der Waals surface area contributed by atoms with Crippen LogP contribution in [-0.2, 0) is 0 Å². The van der Waals surface area contributed by atoms with Crippen molar-refractivity contribution in [2.75, 3.05) is 5.32 Å². The topological polar surface area (TPSA) is 29.1 Å². The van der Waals surface area contributed by atoms with E-state index in [0.717, 1.165) is 10.6 Å². The third-order valence-electron chi connectivity index (χ3n) is 3.91. The second-order valence-electron chi connectivity index (χ2n) is 5.60. The zero-order valence-corrected chi connectivity index (χ0v) is 14.9. The average Bonchev–Trinajstić information content (AvgIpc) is 3.02. The van der Waals surface area contributed by atoms with E-state index in [2.05, 4.69) is 21.2 Å². The summed E-state index contributed by atoms with van der Waals surface area (Å²) in [5.74, 6) is -0.609. The largest absolute Gasteiger partial charge is 0.321 e. The molecule has 2 aromatic rings. The molecule has 0 atom stereocenters. The molecule has 5 heteroatoms. The van der Waals surface area contributed by atoms with E-state index in [1.165, 1.54) is 43.9 Å². The van der Waals surface area contributed by atoms with Gasteiger partial charge in [-0.15, -0.1) is 11.8 Å². The van der Waals surface area contributed by atoms with Crippen LogP contribution < -0.4 is 5.32 Å². The van der Waals surface area contributed by atoms with Crippen LogP contribution in [0.1, 0.15) is 36.0 Å². The zero-order valence-electron chi connectivity index (χ0n) is 12.5. The minimum atomic E-state index is -0.370. The fourth-order valence-corrected chi connectivity index (χ4v) is 4.58. The molecule has 1 aliphatic rings. The van der Waals surface area contributed by atoms with Crippen molar-refractivity contribution in [1.82, 2.24) is 0 Å². The van der Waals surface area contributed by atoms with Gasteiger partial charge in [0.15, 0.2) is 0 Å². The quantitative estimate of drug-likeness (QED) is 0.702. The number of benzene rings is 2. The Labute approximate surface area is 148 Å². The van der Waals surface area contributed by atoms with Gasteiger partial charge in [-0.25, -0.2) is 4.39 Å². The molecule has 3 rings (SSSR count). The lowest BCUT2D eigenvalue weighted by atomic mass is 10.2. The number of rotatable bonds is 4. The lowest BCUT2D eigenvalue weighted by Gasteiger charge is -2.14. The first kappa shape index (κ1) is 16.5. The molecule has 120 valence electrons. The molecule has 2 aromatic carbocycles. The number of carbonyl (C=O) groups is 1. The van der Waals surface area contributed by atoms with Crippen molar-refractivity contribution in [2.45, 2.75) is 35.8 Å². The Morgan fingerprint density at radius 2 is 1.91 bits per heavy atom. The van der Waals surface area contributed by atoms with Crippen molar-refractivity contribution in [1.29, 1.82) is 0 Å². The number of hydrogen-bond acceptors (Lipinski definition) is 2. The first-order valence-electron chi connectivity index (χ1n) is 7.65. The molecule has 0 bridgehead atoms. The van der Waals surface area contributed by atoms with E-state index < -0.39 is 0 Å². The average molecular weight is 394 g/mol. The summed E-state index contributed by atoms with van der Waals surface area (Å²) in [6.45, 7) is 0. The summed E-state index contributed by atoms with van der Waals surface area (Å²) in [6.07, 6.45) is 5.04. The second-order valence-corrected chi connectivity index (χ2v) is 7.80.